The average molecular weight is 270 g/mol. The van der Waals surface area contributed by atoms with Gasteiger partial charge in [-0.3, -0.25) is 9.78 Å². The maximum atomic E-state index is 12.2. The molecule has 0 amide bonds. The van der Waals surface area contributed by atoms with Gasteiger partial charge in [-0.2, -0.15) is 0 Å². The summed E-state index contributed by atoms with van der Waals surface area (Å²) < 4.78 is 7.19. The maximum absolute atomic E-state index is 12.2. The van der Waals surface area contributed by atoms with E-state index in [4.69, 9.17) is 16.6 Å². The zero-order chi connectivity index (χ0) is 13.4. The molecule has 4 nitrogen and oxygen atoms in total. The molecule has 0 bridgehead atoms. The Balaban J connectivity index is 2.12. The quantitative estimate of drug-likeness (QED) is 0.530. The lowest BCUT2D eigenvalue weighted by Gasteiger charge is -2.00. The third kappa shape index (κ3) is 1.98. The Hall–Kier alpha value is -2.27. The molecule has 0 aliphatic heterocycles. The van der Waals surface area contributed by atoms with E-state index >= 15 is 0 Å². The van der Waals surface area contributed by atoms with E-state index in [0.29, 0.717) is 21.7 Å². The molecule has 94 valence electrons. The fourth-order valence-electron chi connectivity index (χ4n) is 1.92. The summed E-state index contributed by atoms with van der Waals surface area (Å²) in [7, 11) is 1.83. The van der Waals surface area contributed by atoms with E-state index in [1.807, 2.05) is 13.1 Å². The molecule has 0 aliphatic carbocycles. The molecule has 1 aromatic carbocycles. The van der Waals surface area contributed by atoms with Gasteiger partial charge in [-0.15, -0.1) is 0 Å². The summed E-state index contributed by atoms with van der Waals surface area (Å²) in [5, 5.41) is 0. The molecule has 0 atom stereocenters. The highest BCUT2D eigenvalue weighted by Gasteiger charge is 2.12. The van der Waals surface area contributed by atoms with Gasteiger partial charge in [-0.1, -0.05) is 6.07 Å². The van der Waals surface area contributed by atoms with Crippen LogP contribution in [-0.4, -0.2) is 15.3 Å². The van der Waals surface area contributed by atoms with Gasteiger partial charge in [-0.25, -0.2) is 0 Å². The Kier molecular flexibility index (Phi) is 2.76. The first-order valence-electron chi connectivity index (χ1n) is 5.72. The van der Waals surface area contributed by atoms with Gasteiger partial charge < -0.3 is 8.98 Å². The second-order valence-corrected chi connectivity index (χ2v) is 4.50. The van der Waals surface area contributed by atoms with Crippen molar-refractivity contribution in [3.8, 4) is 0 Å². The van der Waals surface area contributed by atoms with Crippen molar-refractivity contribution >= 4 is 29.1 Å². The van der Waals surface area contributed by atoms with Gasteiger partial charge >= 0.3 is 0 Å². The summed E-state index contributed by atoms with van der Waals surface area (Å²) >= 11 is 5.06. The number of rotatable bonds is 2. The third-order valence-corrected chi connectivity index (χ3v) is 3.31. The normalized spacial score (nSPS) is 10.8. The molecule has 3 rings (SSSR count). The van der Waals surface area contributed by atoms with E-state index in [0.717, 1.165) is 5.52 Å². The number of oxazole rings is 1. The van der Waals surface area contributed by atoms with Crippen molar-refractivity contribution in [3.05, 3.63) is 58.7 Å². The molecule has 2 heterocycles. The summed E-state index contributed by atoms with van der Waals surface area (Å²) in [5.41, 5.74) is 2.42. The highest BCUT2D eigenvalue weighted by Crippen LogP contribution is 2.19. The molecule has 0 spiro atoms. The van der Waals surface area contributed by atoms with E-state index in [1.54, 1.807) is 41.1 Å². The van der Waals surface area contributed by atoms with E-state index in [9.17, 15) is 4.79 Å². The number of fused-ring (bicyclic) bond motifs is 1. The van der Waals surface area contributed by atoms with Gasteiger partial charge in [0.1, 0.15) is 5.69 Å². The summed E-state index contributed by atoms with van der Waals surface area (Å²) in [5.74, 6) is -0.132. The van der Waals surface area contributed by atoms with Gasteiger partial charge in [0.2, 0.25) is 5.78 Å². The zero-order valence-electron chi connectivity index (χ0n) is 10.2. The van der Waals surface area contributed by atoms with E-state index in [-0.39, 0.29) is 5.78 Å². The first-order valence-corrected chi connectivity index (χ1v) is 6.13. The molecule has 0 saturated heterocycles. The summed E-state index contributed by atoms with van der Waals surface area (Å²) in [4.78, 5) is 16.7. The minimum absolute atomic E-state index is 0.132. The number of carbonyl (C=O) groups is 1. The number of nitrogens with zero attached hydrogens (tertiary/aromatic N) is 2. The monoisotopic (exact) mass is 270 g/mol. The number of hydrogen-bond acceptors (Lipinski definition) is 4. The van der Waals surface area contributed by atoms with Gasteiger partial charge in [0, 0.05) is 18.8 Å². The van der Waals surface area contributed by atoms with Crippen molar-refractivity contribution < 1.29 is 9.21 Å². The standard InChI is InChI=1S/C14H10N2O2S/c1-16-11-6-5-9(8-12(11)18-14(16)19)13(17)10-4-2-3-7-15-10/h2-8H,1H3. The fourth-order valence-corrected chi connectivity index (χ4v) is 2.11. The van der Waals surface area contributed by atoms with Gasteiger partial charge in [0.05, 0.1) is 5.52 Å². The summed E-state index contributed by atoms with van der Waals surface area (Å²) in [6, 6.07) is 10.5. The van der Waals surface area contributed by atoms with Crippen LogP contribution in [0.5, 0.6) is 0 Å². The van der Waals surface area contributed by atoms with Crippen molar-refractivity contribution in [2.24, 2.45) is 7.05 Å². The lowest BCUT2D eigenvalue weighted by Crippen LogP contribution is -2.03. The van der Waals surface area contributed by atoms with E-state index in [1.165, 1.54) is 0 Å². The minimum atomic E-state index is -0.132. The van der Waals surface area contributed by atoms with Crippen LogP contribution in [0.2, 0.25) is 0 Å². The van der Waals surface area contributed by atoms with E-state index < -0.39 is 0 Å². The number of pyridine rings is 1. The number of aryl methyl sites for hydroxylation is 1. The molecule has 0 aliphatic rings. The number of aromatic nitrogens is 2. The Morgan fingerprint density at radius 2 is 2.16 bits per heavy atom. The Morgan fingerprint density at radius 3 is 2.89 bits per heavy atom. The van der Waals surface area contributed by atoms with E-state index in [2.05, 4.69) is 4.98 Å². The highest BCUT2D eigenvalue weighted by atomic mass is 32.1. The largest absolute Gasteiger partial charge is 0.429 e. The van der Waals surface area contributed by atoms with Crippen molar-refractivity contribution in [3.63, 3.8) is 0 Å². The smallest absolute Gasteiger partial charge is 0.269 e. The first-order chi connectivity index (χ1) is 9.16. The van der Waals surface area contributed by atoms with Gasteiger partial charge in [0.25, 0.3) is 4.84 Å². The predicted octanol–water partition coefficient (Wildman–Crippen LogP) is 3.13. The second-order valence-electron chi connectivity index (χ2n) is 4.15. The van der Waals surface area contributed by atoms with Gasteiger partial charge in [0.15, 0.2) is 5.58 Å². The predicted molar refractivity (Wildman–Crippen MR) is 73.7 cm³/mol. The first kappa shape index (κ1) is 11.8. The SMILES string of the molecule is Cn1c(=S)oc2cc(C(=O)c3ccccn3)ccc21. The lowest BCUT2D eigenvalue weighted by molar-refractivity contribution is 0.103. The summed E-state index contributed by atoms with van der Waals surface area (Å²) in [6.07, 6.45) is 1.60. The molecule has 3 aromatic rings. The number of ketones is 1. The van der Waals surface area contributed by atoms with Crippen molar-refractivity contribution in [2.45, 2.75) is 0 Å². The van der Waals surface area contributed by atoms with Crippen molar-refractivity contribution in [2.75, 3.05) is 0 Å². The lowest BCUT2D eigenvalue weighted by atomic mass is 10.1. The molecule has 19 heavy (non-hydrogen) atoms. The van der Waals surface area contributed by atoms with Crippen LogP contribution in [-0.2, 0) is 7.05 Å². The molecule has 2 aromatic heterocycles. The highest BCUT2D eigenvalue weighted by molar-refractivity contribution is 7.71. The van der Waals surface area contributed by atoms with Crippen LogP contribution in [0.25, 0.3) is 11.1 Å². The summed E-state index contributed by atoms with van der Waals surface area (Å²) in [6.45, 7) is 0. The molecule has 0 N–H and O–H groups in total. The van der Waals surface area contributed by atoms with Crippen LogP contribution in [0.1, 0.15) is 16.1 Å². The molecular formula is C14H10N2O2S. The minimum Gasteiger partial charge on any atom is -0.429 e. The van der Waals surface area contributed by atoms with Crippen molar-refractivity contribution in [1.29, 1.82) is 0 Å². The van der Waals surface area contributed by atoms with Crippen molar-refractivity contribution in [1.82, 2.24) is 9.55 Å². The number of carbonyl (C=O) groups excluding carboxylic acids is 1. The van der Waals surface area contributed by atoms with Crippen LogP contribution < -0.4 is 0 Å². The molecule has 0 unspecified atom stereocenters. The molecular weight excluding hydrogens is 260 g/mol. The number of benzene rings is 1. The topological polar surface area (TPSA) is 48.0 Å². The van der Waals surface area contributed by atoms with Crippen LogP contribution in [0.3, 0.4) is 0 Å². The molecule has 0 radical (unpaired) electrons. The second kappa shape index (κ2) is 4.44. The zero-order valence-corrected chi connectivity index (χ0v) is 11.0. The fraction of sp³-hybridized carbons (Fsp3) is 0.0714. The van der Waals surface area contributed by atoms with Crippen LogP contribution in [0.15, 0.2) is 47.0 Å². The molecule has 0 fully saturated rings. The molecule has 0 saturated carbocycles. The Labute approximate surface area is 114 Å². The van der Waals surface area contributed by atoms with Crippen LogP contribution in [0, 0.1) is 4.84 Å². The Bertz CT molecular complexity index is 818. The third-order valence-electron chi connectivity index (χ3n) is 2.95. The number of hydrogen-bond donors (Lipinski definition) is 0. The van der Waals surface area contributed by atoms with Crippen LogP contribution in [0.4, 0.5) is 0 Å². The Morgan fingerprint density at radius 1 is 1.32 bits per heavy atom. The van der Waals surface area contributed by atoms with Gasteiger partial charge in [-0.05, 0) is 42.5 Å². The average Bonchev–Trinajstić information content (AvgIpc) is 2.74. The van der Waals surface area contributed by atoms with Crippen LogP contribution >= 0.6 is 12.2 Å². The maximum Gasteiger partial charge on any atom is 0.269 e. The molecule has 5 heteroatoms.